The van der Waals surface area contributed by atoms with E-state index in [1.54, 1.807) is 25.3 Å². The number of aliphatic hydroxyl groups is 1. The average Bonchev–Trinajstić information content (AvgIpc) is 3.21. The number of guanidine groups is 1. The number of aryl methyl sites for hydroxylation is 1. The monoisotopic (exact) mass is 331 g/mol. The standard InChI is InChI=1S/C18H25N3O3/c1-4-10-19-17(20-11-9-15-6-5-12-23-15)21-13-18(3,22)16-8-7-14(2)24-16/h4-8,12,22H,1,9-11,13H2,2-3H3,(H2,19,20,21). The Morgan fingerprint density at radius 2 is 2.21 bits per heavy atom. The third-order valence-corrected chi connectivity index (χ3v) is 3.47. The third kappa shape index (κ3) is 5.31. The molecule has 0 saturated heterocycles. The molecule has 0 aromatic carbocycles. The van der Waals surface area contributed by atoms with Crippen LogP contribution in [0, 0.1) is 6.92 Å². The fourth-order valence-electron chi connectivity index (χ4n) is 2.14. The molecular formula is C18H25N3O3. The van der Waals surface area contributed by atoms with Gasteiger partial charge in [0.25, 0.3) is 0 Å². The molecule has 6 nitrogen and oxygen atoms in total. The van der Waals surface area contributed by atoms with Crippen LogP contribution in [0.2, 0.25) is 0 Å². The van der Waals surface area contributed by atoms with Crippen LogP contribution >= 0.6 is 0 Å². The maximum atomic E-state index is 10.6. The van der Waals surface area contributed by atoms with Gasteiger partial charge in [-0.1, -0.05) is 6.08 Å². The average molecular weight is 331 g/mol. The highest BCUT2D eigenvalue weighted by atomic mass is 16.4. The summed E-state index contributed by atoms with van der Waals surface area (Å²) in [5.74, 6) is 2.77. The summed E-state index contributed by atoms with van der Waals surface area (Å²) in [5, 5.41) is 16.9. The molecule has 2 rings (SSSR count). The SMILES string of the molecule is C=CCNC(=NCC(C)(O)c1ccc(C)o1)NCCc1ccco1. The van der Waals surface area contributed by atoms with Crippen LogP contribution < -0.4 is 10.6 Å². The Kier molecular flexibility index (Phi) is 6.26. The summed E-state index contributed by atoms with van der Waals surface area (Å²) >= 11 is 0. The predicted molar refractivity (Wildman–Crippen MR) is 93.9 cm³/mol. The first-order valence-corrected chi connectivity index (χ1v) is 7.96. The van der Waals surface area contributed by atoms with E-state index in [1.807, 2.05) is 25.1 Å². The molecule has 6 heteroatoms. The lowest BCUT2D eigenvalue weighted by atomic mass is 10.0. The van der Waals surface area contributed by atoms with E-state index in [0.29, 0.717) is 24.8 Å². The third-order valence-electron chi connectivity index (χ3n) is 3.47. The Morgan fingerprint density at radius 1 is 1.38 bits per heavy atom. The number of hydrogen-bond donors (Lipinski definition) is 3. The van der Waals surface area contributed by atoms with Crippen molar-refractivity contribution in [2.75, 3.05) is 19.6 Å². The van der Waals surface area contributed by atoms with Crippen LogP contribution in [0.15, 0.2) is 57.0 Å². The molecule has 0 spiro atoms. The Hall–Kier alpha value is -2.47. The Balaban J connectivity index is 1.94. The summed E-state index contributed by atoms with van der Waals surface area (Å²) in [5.41, 5.74) is -1.17. The van der Waals surface area contributed by atoms with E-state index >= 15 is 0 Å². The van der Waals surface area contributed by atoms with Gasteiger partial charge in [-0.3, -0.25) is 0 Å². The number of rotatable bonds is 8. The highest BCUT2D eigenvalue weighted by Gasteiger charge is 2.26. The number of furan rings is 2. The molecule has 0 radical (unpaired) electrons. The van der Waals surface area contributed by atoms with E-state index in [0.717, 1.165) is 17.9 Å². The van der Waals surface area contributed by atoms with Gasteiger partial charge in [0.05, 0.1) is 12.8 Å². The van der Waals surface area contributed by atoms with E-state index in [-0.39, 0.29) is 6.54 Å². The maximum absolute atomic E-state index is 10.6. The first-order chi connectivity index (χ1) is 11.5. The second-order valence-electron chi connectivity index (χ2n) is 5.77. The fraction of sp³-hybridized carbons (Fsp3) is 0.389. The fourth-order valence-corrected chi connectivity index (χ4v) is 2.14. The van der Waals surface area contributed by atoms with Crippen molar-refractivity contribution >= 4 is 5.96 Å². The zero-order chi connectivity index (χ0) is 17.4. The lowest BCUT2D eigenvalue weighted by molar-refractivity contribution is 0.0428. The van der Waals surface area contributed by atoms with Crippen LogP contribution in [0.1, 0.15) is 24.2 Å². The van der Waals surface area contributed by atoms with Gasteiger partial charge in [0.15, 0.2) is 5.96 Å². The van der Waals surface area contributed by atoms with Gasteiger partial charge >= 0.3 is 0 Å². The van der Waals surface area contributed by atoms with Gasteiger partial charge in [0.2, 0.25) is 0 Å². The van der Waals surface area contributed by atoms with E-state index in [2.05, 4.69) is 22.2 Å². The van der Waals surface area contributed by atoms with Crippen LogP contribution in [0.3, 0.4) is 0 Å². The molecule has 0 aliphatic heterocycles. The molecule has 0 saturated carbocycles. The van der Waals surface area contributed by atoms with Crippen molar-refractivity contribution < 1.29 is 13.9 Å². The minimum atomic E-state index is -1.17. The normalized spacial score (nSPS) is 14.2. The second-order valence-corrected chi connectivity index (χ2v) is 5.77. The minimum absolute atomic E-state index is 0.174. The number of nitrogens with one attached hydrogen (secondary N) is 2. The van der Waals surface area contributed by atoms with Crippen molar-refractivity contribution in [1.82, 2.24) is 10.6 Å². The zero-order valence-corrected chi connectivity index (χ0v) is 14.2. The van der Waals surface area contributed by atoms with Crippen molar-refractivity contribution in [2.45, 2.75) is 25.9 Å². The van der Waals surface area contributed by atoms with Crippen molar-refractivity contribution in [3.05, 3.63) is 60.5 Å². The van der Waals surface area contributed by atoms with E-state index in [1.165, 1.54) is 0 Å². The molecular weight excluding hydrogens is 306 g/mol. The highest BCUT2D eigenvalue weighted by Crippen LogP contribution is 2.22. The zero-order valence-electron chi connectivity index (χ0n) is 14.2. The predicted octanol–water partition coefficient (Wildman–Crippen LogP) is 2.35. The van der Waals surface area contributed by atoms with Gasteiger partial charge in [0.1, 0.15) is 22.9 Å². The molecule has 1 unspecified atom stereocenters. The van der Waals surface area contributed by atoms with Crippen molar-refractivity contribution in [3.63, 3.8) is 0 Å². The quantitative estimate of drug-likeness (QED) is 0.393. The van der Waals surface area contributed by atoms with Gasteiger partial charge < -0.3 is 24.6 Å². The summed E-state index contributed by atoms with van der Waals surface area (Å²) in [7, 11) is 0. The number of hydrogen-bond acceptors (Lipinski definition) is 4. The van der Waals surface area contributed by atoms with Crippen LogP contribution in [-0.2, 0) is 12.0 Å². The molecule has 2 heterocycles. The summed E-state index contributed by atoms with van der Waals surface area (Å²) in [6.07, 6.45) is 4.15. The molecule has 3 N–H and O–H groups in total. The largest absolute Gasteiger partial charge is 0.469 e. The van der Waals surface area contributed by atoms with Crippen LogP contribution in [-0.4, -0.2) is 30.7 Å². The molecule has 2 aromatic rings. The second kappa shape index (κ2) is 8.40. The summed E-state index contributed by atoms with van der Waals surface area (Å²) < 4.78 is 10.8. The molecule has 130 valence electrons. The molecule has 0 aliphatic rings. The summed E-state index contributed by atoms with van der Waals surface area (Å²) in [6.45, 7) is 8.63. The Morgan fingerprint density at radius 3 is 2.83 bits per heavy atom. The van der Waals surface area contributed by atoms with Crippen LogP contribution in [0.4, 0.5) is 0 Å². The Labute approximate surface area is 142 Å². The summed E-state index contributed by atoms with van der Waals surface area (Å²) in [6, 6.07) is 7.39. The molecule has 0 amide bonds. The molecule has 0 fully saturated rings. The van der Waals surface area contributed by atoms with Gasteiger partial charge in [-0.15, -0.1) is 6.58 Å². The van der Waals surface area contributed by atoms with Crippen molar-refractivity contribution in [2.24, 2.45) is 4.99 Å². The minimum Gasteiger partial charge on any atom is -0.469 e. The van der Waals surface area contributed by atoms with E-state index in [4.69, 9.17) is 8.83 Å². The smallest absolute Gasteiger partial charge is 0.191 e. The van der Waals surface area contributed by atoms with E-state index in [9.17, 15) is 5.11 Å². The first kappa shape index (κ1) is 17.9. The Bertz CT molecular complexity index is 657. The molecule has 24 heavy (non-hydrogen) atoms. The van der Waals surface area contributed by atoms with Crippen LogP contribution in [0.25, 0.3) is 0 Å². The van der Waals surface area contributed by atoms with Crippen molar-refractivity contribution in [1.29, 1.82) is 0 Å². The molecule has 0 aliphatic carbocycles. The van der Waals surface area contributed by atoms with Crippen molar-refractivity contribution in [3.8, 4) is 0 Å². The lowest BCUT2D eigenvalue weighted by Gasteiger charge is -2.19. The summed E-state index contributed by atoms with van der Waals surface area (Å²) in [4.78, 5) is 4.44. The molecule has 1 atom stereocenters. The van der Waals surface area contributed by atoms with Gasteiger partial charge in [-0.25, -0.2) is 4.99 Å². The van der Waals surface area contributed by atoms with Crippen LogP contribution in [0.5, 0.6) is 0 Å². The first-order valence-electron chi connectivity index (χ1n) is 7.96. The van der Waals surface area contributed by atoms with E-state index < -0.39 is 5.60 Å². The number of aliphatic imine (C=N–C) groups is 1. The molecule has 2 aromatic heterocycles. The highest BCUT2D eigenvalue weighted by molar-refractivity contribution is 5.80. The van der Waals surface area contributed by atoms with Gasteiger partial charge in [0, 0.05) is 19.5 Å². The molecule has 0 bridgehead atoms. The van der Waals surface area contributed by atoms with Gasteiger partial charge in [-0.2, -0.15) is 0 Å². The maximum Gasteiger partial charge on any atom is 0.191 e. The lowest BCUT2D eigenvalue weighted by Crippen LogP contribution is -2.39. The van der Waals surface area contributed by atoms with Gasteiger partial charge in [-0.05, 0) is 38.1 Å². The number of nitrogens with zero attached hydrogens (tertiary/aromatic N) is 1. The topological polar surface area (TPSA) is 82.9 Å².